The number of amides is 1. The standard InChI is InChI=1S/C24H29ClN2O6/c1-16(28)26-21-5-3-4-6-23(21)33-15-19(29)12-27-13-20(11-22(27)24(30)31-2)32-14-17-7-9-18(25)10-8-17/h3-10,19-20,22,29H,11-15H2,1-2H3,(H,26,28)/t19?,20-,22+/m1/s1. The average Bonchev–Trinajstić information content (AvgIpc) is 3.19. The molecule has 0 spiro atoms. The molecule has 1 fully saturated rings. The van der Waals surface area contributed by atoms with E-state index in [2.05, 4.69) is 5.32 Å². The first-order valence-electron chi connectivity index (χ1n) is 10.7. The van der Waals surface area contributed by atoms with Gasteiger partial charge in [0.2, 0.25) is 5.91 Å². The van der Waals surface area contributed by atoms with Crippen molar-refractivity contribution in [1.29, 1.82) is 0 Å². The van der Waals surface area contributed by atoms with E-state index in [-0.39, 0.29) is 31.1 Å². The van der Waals surface area contributed by atoms with Gasteiger partial charge >= 0.3 is 5.97 Å². The zero-order valence-corrected chi connectivity index (χ0v) is 19.5. The van der Waals surface area contributed by atoms with Crippen molar-refractivity contribution < 1.29 is 28.9 Å². The molecule has 0 saturated carbocycles. The molecule has 8 nitrogen and oxygen atoms in total. The molecule has 1 aliphatic heterocycles. The number of carbonyl (C=O) groups is 2. The van der Waals surface area contributed by atoms with Crippen LogP contribution in [-0.2, 0) is 25.7 Å². The Kier molecular flexibility index (Phi) is 9.08. The fraction of sp³-hybridized carbons (Fsp3) is 0.417. The van der Waals surface area contributed by atoms with Gasteiger partial charge in [-0.3, -0.25) is 14.5 Å². The van der Waals surface area contributed by atoms with Gasteiger partial charge in [-0.05, 0) is 29.8 Å². The van der Waals surface area contributed by atoms with Gasteiger partial charge in [-0.2, -0.15) is 0 Å². The summed E-state index contributed by atoms with van der Waals surface area (Å²) in [5.74, 6) is -0.118. The lowest BCUT2D eigenvalue weighted by Crippen LogP contribution is -2.43. The number of hydrogen-bond acceptors (Lipinski definition) is 7. The molecular weight excluding hydrogens is 448 g/mol. The number of nitrogens with one attached hydrogen (secondary N) is 1. The maximum Gasteiger partial charge on any atom is 0.323 e. The first kappa shape index (κ1) is 25.0. The van der Waals surface area contributed by atoms with Crippen LogP contribution < -0.4 is 10.1 Å². The summed E-state index contributed by atoms with van der Waals surface area (Å²) in [7, 11) is 1.35. The number of halogens is 1. The highest BCUT2D eigenvalue weighted by Crippen LogP contribution is 2.25. The third-order valence-electron chi connectivity index (χ3n) is 5.31. The van der Waals surface area contributed by atoms with E-state index < -0.39 is 12.1 Å². The molecule has 1 heterocycles. The van der Waals surface area contributed by atoms with Crippen LogP contribution in [0.25, 0.3) is 0 Å². The normalized spacial score (nSPS) is 19.2. The molecule has 3 rings (SSSR count). The average molecular weight is 477 g/mol. The van der Waals surface area contributed by atoms with Gasteiger partial charge in [0, 0.05) is 31.5 Å². The number of esters is 1. The number of rotatable bonds is 10. The first-order chi connectivity index (χ1) is 15.9. The summed E-state index contributed by atoms with van der Waals surface area (Å²) in [5, 5.41) is 13.9. The number of ether oxygens (including phenoxy) is 3. The molecule has 1 aliphatic rings. The molecule has 178 valence electrons. The number of hydrogen-bond donors (Lipinski definition) is 2. The summed E-state index contributed by atoms with van der Waals surface area (Å²) in [6.07, 6.45) is -0.574. The summed E-state index contributed by atoms with van der Waals surface area (Å²) in [6, 6.07) is 13.9. The molecule has 9 heteroatoms. The number of anilines is 1. The number of nitrogens with zero attached hydrogens (tertiary/aromatic N) is 1. The molecule has 3 atom stereocenters. The largest absolute Gasteiger partial charge is 0.489 e. The van der Waals surface area contributed by atoms with Crippen molar-refractivity contribution in [3.8, 4) is 5.75 Å². The third kappa shape index (κ3) is 7.43. The summed E-state index contributed by atoms with van der Waals surface area (Å²) < 4.78 is 16.7. The van der Waals surface area contributed by atoms with Gasteiger partial charge in [0.15, 0.2) is 0 Å². The molecule has 2 aromatic rings. The molecule has 1 saturated heterocycles. The molecule has 1 unspecified atom stereocenters. The minimum Gasteiger partial charge on any atom is -0.489 e. The van der Waals surface area contributed by atoms with E-state index in [4.69, 9.17) is 25.8 Å². The lowest BCUT2D eigenvalue weighted by atomic mass is 10.2. The molecule has 0 bridgehead atoms. The Morgan fingerprint density at radius 1 is 1.21 bits per heavy atom. The van der Waals surface area contributed by atoms with Crippen molar-refractivity contribution in [3.05, 3.63) is 59.1 Å². The van der Waals surface area contributed by atoms with Crippen LogP contribution in [0.15, 0.2) is 48.5 Å². The third-order valence-corrected chi connectivity index (χ3v) is 5.56. The fourth-order valence-electron chi connectivity index (χ4n) is 3.75. The van der Waals surface area contributed by atoms with Crippen LogP contribution in [0.3, 0.4) is 0 Å². The lowest BCUT2D eigenvalue weighted by molar-refractivity contribution is -0.146. The summed E-state index contributed by atoms with van der Waals surface area (Å²) in [5.41, 5.74) is 1.51. The van der Waals surface area contributed by atoms with Crippen LogP contribution in [-0.4, -0.2) is 66.9 Å². The maximum atomic E-state index is 12.3. The van der Waals surface area contributed by atoms with E-state index >= 15 is 0 Å². The van der Waals surface area contributed by atoms with Crippen molar-refractivity contribution in [3.63, 3.8) is 0 Å². The second-order valence-corrected chi connectivity index (χ2v) is 8.37. The van der Waals surface area contributed by atoms with Crippen LogP contribution in [0.2, 0.25) is 5.02 Å². The molecule has 0 aromatic heterocycles. The van der Waals surface area contributed by atoms with E-state index in [9.17, 15) is 14.7 Å². The van der Waals surface area contributed by atoms with E-state index in [1.807, 2.05) is 17.0 Å². The smallest absolute Gasteiger partial charge is 0.323 e. The van der Waals surface area contributed by atoms with Crippen LogP contribution in [0.4, 0.5) is 5.69 Å². The van der Waals surface area contributed by atoms with Crippen molar-refractivity contribution >= 4 is 29.2 Å². The number of methoxy groups -OCH3 is 1. The Morgan fingerprint density at radius 2 is 1.94 bits per heavy atom. The van der Waals surface area contributed by atoms with Gasteiger partial charge in [0.05, 0.1) is 25.5 Å². The number of likely N-dealkylation sites (tertiary alicyclic amines) is 1. The molecule has 33 heavy (non-hydrogen) atoms. The zero-order valence-electron chi connectivity index (χ0n) is 18.7. The second kappa shape index (κ2) is 12.0. The Balaban J connectivity index is 1.55. The van der Waals surface area contributed by atoms with Crippen LogP contribution in [0.1, 0.15) is 18.9 Å². The van der Waals surface area contributed by atoms with Gasteiger partial charge < -0.3 is 24.6 Å². The molecule has 2 N–H and O–H groups in total. The molecule has 1 amide bonds. The number of aliphatic hydroxyl groups is 1. The van der Waals surface area contributed by atoms with Gasteiger partial charge in [-0.25, -0.2) is 0 Å². The summed E-state index contributed by atoms with van der Waals surface area (Å²) in [6.45, 7) is 2.50. The van der Waals surface area contributed by atoms with E-state index in [0.717, 1.165) is 5.56 Å². The number of carbonyl (C=O) groups excluding carboxylic acids is 2. The Bertz CT molecular complexity index is 939. The summed E-state index contributed by atoms with van der Waals surface area (Å²) in [4.78, 5) is 25.5. The highest BCUT2D eigenvalue weighted by molar-refractivity contribution is 6.30. The fourth-order valence-corrected chi connectivity index (χ4v) is 3.88. The topological polar surface area (TPSA) is 97.3 Å². The molecular formula is C24H29ClN2O6. The zero-order chi connectivity index (χ0) is 23.8. The van der Waals surface area contributed by atoms with E-state index in [1.54, 1.807) is 36.4 Å². The van der Waals surface area contributed by atoms with Crippen LogP contribution >= 0.6 is 11.6 Å². The highest BCUT2D eigenvalue weighted by Gasteiger charge is 2.39. The number of benzene rings is 2. The number of para-hydroxylation sites is 2. The van der Waals surface area contributed by atoms with Gasteiger partial charge in [-0.1, -0.05) is 35.9 Å². The van der Waals surface area contributed by atoms with Crippen molar-refractivity contribution in [2.24, 2.45) is 0 Å². The number of β-amino-alcohol motifs (C(OH)–C–C–N with tert-alkyl or cyclic N) is 1. The van der Waals surface area contributed by atoms with E-state index in [0.29, 0.717) is 36.0 Å². The predicted octanol–water partition coefficient (Wildman–Crippen LogP) is 2.87. The quantitative estimate of drug-likeness (QED) is 0.509. The maximum absolute atomic E-state index is 12.3. The van der Waals surface area contributed by atoms with Crippen LogP contribution in [0, 0.1) is 0 Å². The Hall–Kier alpha value is -2.65. The molecule has 0 aliphatic carbocycles. The van der Waals surface area contributed by atoms with Gasteiger partial charge in [0.1, 0.15) is 24.5 Å². The predicted molar refractivity (Wildman–Crippen MR) is 124 cm³/mol. The Labute approximate surface area is 198 Å². The summed E-state index contributed by atoms with van der Waals surface area (Å²) >= 11 is 5.92. The monoisotopic (exact) mass is 476 g/mol. The Morgan fingerprint density at radius 3 is 2.64 bits per heavy atom. The van der Waals surface area contributed by atoms with E-state index in [1.165, 1.54) is 14.0 Å². The SMILES string of the molecule is COC(=O)[C@@H]1C[C@@H](OCc2ccc(Cl)cc2)CN1CC(O)COc1ccccc1NC(C)=O. The lowest BCUT2D eigenvalue weighted by Gasteiger charge is -2.25. The highest BCUT2D eigenvalue weighted by atomic mass is 35.5. The first-order valence-corrected chi connectivity index (χ1v) is 11.1. The van der Waals surface area contributed by atoms with Crippen molar-refractivity contribution in [2.45, 2.75) is 38.2 Å². The number of aliphatic hydroxyl groups excluding tert-OH is 1. The molecule has 0 radical (unpaired) electrons. The molecule has 2 aromatic carbocycles. The minimum absolute atomic E-state index is 0.00269. The minimum atomic E-state index is -0.863. The van der Waals surface area contributed by atoms with Gasteiger partial charge in [0.25, 0.3) is 0 Å². The van der Waals surface area contributed by atoms with Crippen molar-refractivity contribution in [2.75, 3.05) is 32.1 Å². The van der Waals surface area contributed by atoms with Crippen LogP contribution in [0.5, 0.6) is 5.75 Å². The second-order valence-electron chi connectivity index (χ2n) is 7.93. The van der Waals surface area contributed by atoms with Crippen molar-refractivity contribution in [1.82, 2.24) is 4.90 Å². The van der Waals surface area contributed by atoms with Gasteiger partial charge in [-0.15, -0.1) is 0 Å².